The number of aromatic amines is 1. The molecule has 6 rings (SSSR count). The Morgan fingerprint density at radius 2 is 1.86 bits per heavy atom. The maximum atomic E-state index is 13.3. The zero-order chi connectivity index (χ0) is 29.5. The Morgan fingerprint density at radius 1 is 1.10 bits per heavy atom. The molecule has 1 aliphatic carbocycles. The molecule has 1 aromatic heterocycles. The topological polar surface area (TPSA) is 155 Å². The first kappa shape index (κ1) is 29.3. The van der Waals surface area contributed by atoms with Crippen molar-refractivity contribution in [1.29, 1.82) is 0 Å². The third-order valence-electron chi connectivity index (χ3n) is 8.40. The van der Waals surface area contributed by atoms with E-state index >= 15 is 0 Å². The smallest absolute Gasteiger partial charge is 0.248 e. The molecule has 2 saturated heterocycles. The molecule has 3 heterocycles. The fraction of sp³-hybridized carbons (Fsp3) is 0.483. The molecule has 2 aliphatic heterocycles. The van der Waals surface area contributed by atoms with Crippen LogP contribution in [0.3, 0.4) is 0 Å². The van der Waals surface area contributed by atoms with Gasteiger partial charge in [-0.2, -0.15) is 4.31 Å². The summed E-state index contributed by atoms with van der Waals surface area (Å²) in [6.07, 6.45) is 3.51. The predicted octanol–water partition coefficient (Wildman–Crippen LogP) is 1.81. The van der Waals surface area contributed by atoms with Crippen LogP contribution in [0.25, 0.3) is 10.9 Å². The third kappa shape index (κ3) is 5.86. The average Bonchev–Trinajstić information content (AvgIpc) is 3.79. The standard InChI is InChI=1S/C29H35N3O8S2/c33-21(19-39-22-4-3-5-24(14-22)41(35,36)23-8-9-23)16-30-20-15-29(40-18-20)10-12-32(13-11-29)42(37,38)27-17-31-26-7-2-1-6-25(26)28(27)34/h1-7,14,17,20-21,23,30,33H,8-13,15-16,18-19H2,(H,31,34)/t20-,21+/m1/s1. The highest BCUT2D eigenvalue weighted by Gasteiger charge is 2.45. The van der Waals surface area contributed by atoms with Crippen molar-refractivity contribution in [2.45, 2.75) is 64.9 Å². The molecule has 1 spiro atoms. The van der Waals surface area contributed by atoms with Gasteiger partial charge in [0.1, 0.15) is 23.4 Å². The third-order valence-corrected chi connectivity index (χ3v) is 12.6. The van der Waals surface area contributed by atoms with Crippen LogP contribution in [0.4, 0.5) is 0 Å². The fourth-order valence-electron chi connectivity index (χ4n) is 5.80. The van der Waals surface area contributed by atoms with Crippen molar-refractivity contribution in [1.82, 2.24) is 14.6 Å². The van der Waals surface area contributed by atoms with Crippen LogP contribution in [0.1, 0.15) is 32.1 Å². The van der Waals surface area contributed by atoms with Gasteiger partial charge in [0.15, 0.2) is 9.84 Å². The molecule has 13 heteroatoms. The Balaban J connectivity index is 0.986. The van der Waals surface area contributed by atoms with Gasteiger partial charge in [-0.3, -0.25) is 4.79 Å². The van der Waals surface area contributed by atoms with Crippen molar-refractivity contribution in [2.24, 2.45) is 0 Å². The maximum Gasteiger partial charge on any atom is 0.248 e. The molecule has 0 amide bonds. The second-order valence-electron chi connectivity index (χ2n) is 11.4. The van der Waals surface area contributed by atoms with Gasteiger partial charge in [-0.25, -0.2) is 16.8 Å². The first-order valence-corrected chi connectivity index (χ1v) is 17.2. The van der Waals surface area contributed by atoms with Crippen LogP contribution in [0.15, 0.2) is 69.3 Å². The minimum atomic E-state index is -3.97. The van der Waals surface area contributed by atoms with E-state index in [1.165, 1.54) is 16.6 Å². The highest BCUT2D eigenvalue weighted by molar-refractivity contribution is 7.92. The number of pyridine rings is 1. The van der Waals surface area contributed by atoms with Crippen LogP contribution in [0, 0.1) is 0 Å². The highest BCUT2D eigenvalue weighted by Crippen LogP contribution is 2.37. The number of nitrogens with one attached hydrogen (secondary N) is 2. The summed E-state index contributed by atoms with van der Waals surface area (Å²) in [6.45, 7) is 1.18. The van der Waals surface area contributed by atoms with E-state index in [-0.39, 0.29) is 47.3 Å². The number of para-hydroxylation sites is 1. The van der Waals surface area contributed by atoms with Crippen LogP contribution in [0.2, 0.25) is 0 Å². The van der Waals surface area contributed by atoms with E-state index in [0.717, 1.165) is 0 Å². The lowest BCUT2D eigenvalue weighted by Crippen LogP contribution is -2.47. The number of hydrogen-bond donors (Lipinski definition) is 3. The molecule has 3 fully saturated rings. The average molecular weight is 618 g/mol. The first-order valence-electron chi connectivity index (χ1n) is 14.2. The minimum absolute atomic E-state index is 0.000623. The summed E-state index contributed by atoms with van der Waals surface area (Å²) in [5, 5.41) is 13.8. The summed E-state index contributed by atoms with van der Waals surface area (Å²) < 4.78 is 64.8. The number of ether oxygens (including phenoxy) is 2. The van der Waals surface area contributed by atoms with E-state index in [0.29, 0.717) is 55.4 Å². The minimum Gasteiger partial charge on any atom is -0.491 e. The predicted molar refractivity (Wildman–Crippen MR) is 156 cm³/mol. The lowest BCUT2D eigenvalue weighted by atomic mass is 9.88. The molecular weight excluding hydrogens is 582 g/mol. The lowest BCUT2D eigenvalue weighted by Gasteiger charge is -2.37. The number of hydrogen-bond acceptors (Lipinski definition) is 9. The number of piperidine rings is 1. The van der Waals surface area contributed by atoms with Crippen LogP contribution in [0.5, 0.6) is 5.75 Å². The molecule has 0 radical (unpaired) electrons. The number of aliphatic hydroxyl groups excluding tert-OH is 1. The monoisotopic (exact) mass is 617 g/mol. The Morgan fingerprint density at radius 3 is 2.62 bits per heavy atom. The molecule has 42 heavy (non-hydrogen) atoms. The summed E-state index contributed by atoms with van der Waals surface area (Å²) in [6, 6.07) is 13.2. The van der Waals surface area contributed by atoms with Crippen LogP contribution >= 0.6 is 0 Å². The number of fused-ring (bicyclic) bond motifs is 1. The summed E-state index contributed by atoms with van der Waals surface area (Å²) in [7, 11) is -7.29. The lowest BCUT2D eigenvalue weighted by molar-refractivity contribution is -0.0312. The zero-order valence-electron chi connectivity index (χ0n) is 23.1. The van der Waals surface area contributed by atoms with Crippen molar-refractivity contribution in [2.75, 3.05) is 32.8 Å². The number of aromatic nitrogens is 1. The largest absolute Gasteiger partial charge is 0.491 e. The summed E-state index contributed by atoms with van der Waals surface area (Å²) in [5.41, 5.74) is -0.388. The molecule has 3 aliphatic rings. The number of rotatable bonds is 10. The van der Waals surface area contributed by atoms with Gasteiger partial charge in [-0.1, -0.05) is 18.2 Å². The van der Waals surface area contributed by atoms with E-state index in [4.69, 9.17) is 9.47 Å². The Kier molecular flexibility index (Phi) is 7.92. The number of H-pyrrole nitrogens is 1. The molecule has 2 aromatic carbocycles. The van der Waals surface area contributed by atoms with Crippen molar-refractivity contribution in [3.8, 4) is 5.75 Å². The van der Waals surface area contributed by atoms with Crippen LogP contribution in [-0.4, -0.2) is 87.1 Å². The first-order chi connectivity index (χ1) is 20.1. The van der Waals surface area contributed by atoms with Gasteiger partial charge in [0.2, 0.25) is 15.5 Å². The number of nitrogens with zero attached hydrogens (tertiary/aromatic N) is 1. The Bertz CT molecular complexity index is 1730. The van der Waals surface area contributed by atoms with Crippen LogP contribution < -0.4 is 15.5 Å². The SMILES string of the molecule is O=c1c(S(=O)(=O)N2CCC3(CC2)C[C@@H](NC[C@H](O)COc2cccc(S(=O)(=O)C4CC4)c2)CO3)c[nH]c2ccccc12. The Labute approximate surface area is 244 Å². The van der Waals surface area contributed by atoms with E-state index in [1.54, 1.807) is 42.5 Å². The fourth-order valence-corrected chi connectivity index (χ4v) is 8.99. The van der Waals surface area contributed by atoms with Crippen molar-refractivity contribution in [3.05, 3.63) is 65.0 Å². The normalized spacial score (nSPS) is 22.0. The molecular formula is C29H35N3O8S2. The molecule has 0 bridgehead atoms. The quantitative estimate of drug-likeness (QED) is 0.309. The molecule has 1 saturated carbocycles. The molecule has 11 nitrogen and oxygen atoms in total. The number of aliphatic hydroxyl groups is 1. The van der Waals surface area contributed by atoms with Gasteiger partial charge in [0, 0.05) is 42.8 Å². The van der Waals surface area contributed by atoms with E-state index in [2.05, 4.69) is 10.3 Å². The van der Waals surface area contributed by atoms with Crippen molar-refractivity contribution in [3.63, 3.8) is 0 Å². The van der Waals surface area contributed by atoms with Crippen molar-refractivity contribution < 1.29 is 31.4 Å². The van der Waals surface area contributed by atoms with E-state index in [1.807, 2.05) is 0 Å². The zero-order valence-corrected chi connectivity index (χ0v) is 24.7. The number of sulfone groups is 1. The molecule has 226 valence electrons. The second kappa shape index (κ2) is 11.4. The van der Waals surface area contributed by atoms with Crippen LogP contribution in [-0.2, 0) is 24.6 Å². The van der Waals surface area contributed by atoms with Gasteiger partial charge in [-0.05, 0) is 62.4 Å². The summed E-state index contributed by atoms with van der Waals surface area (Å²) in [5.74, 6) is 0.395. The highest BCUT2D eigenvalue weighted by atomic mass is 32.2. The summed E-state index contributed by atoms with van der Waals surface area (Å²) in [4.78, 5) is 15.8. The number of sulfonamides is 1. The molecule has 3 N–H and O–H groups in total. The van der Waals surface area contributed by atoms with E-state index in [9.17, 15) is 26.7 Å². The van der Waals surface area contributed by atoms with Gasteiger partial charge < -0.3 is 24.9 Å². The Hall–Kier alpha value is -2.81. The van der Waals surface area contributed by atoms with Gasteiger partial charge in [0.25, 0.3) is 0 Å². The molecule has 0 unspecified atom stereocenters. The van der Waals surface area contributed by atoms with E-state index < -0.39 is 37.0 Å². The van der Waals surface area contributed by atoms with Gasteiger partial charge in [0.05, 0.1) is 22.4 Å². The van der Waals surface area contributed by atoms with Gasteiger partial charge in [-0.15, -0.1) is 0 Å². The number of benzene rings is 2. The van der Waals surface area contributed by atoms with Gasteiger partial charge >= 0.3 is 0 Å². The summed E-state index contributed by atoms with van der Waals surface area (Å²) >= 11 is 0. The maximum absolute atomic E-state index is 13.3. The van der Waals surface area contributed by atoms with Crippen molar-refractivity contribution >= 4 is 30.8 Å². The second-order valence-corrected chi connectivity index (χ2v) is 15.6. The molecule has 3 aromatic rings. The molecule has 2 atom stereocenters.